The Labute approximate surface area is 212 Å². The minimum absolute atomic E-state index is 0.441. The third kappa shape index (κ3) is 5.51. The lowest BCUT2D eigenvalue weighted by molar-refractivity contribution is 0.145. The zero-order chi connectivity index (χ0) is 24.7. The van der Waals surface area contributed by atoms with Crippen molar-refractivity contribution in [2.45, 2.75) is 13.2 Å². The van der Waals surface area contributed by atoms with E-state index < -0.39 is 0 Å². The van der Waals surface area contributed by atoms with E-state index in [2.05, 4.69) is 55.6 Å². The summed E-state index contributed by atoms with van der Waals surface area (Å²) in [5.41, 5.74) is 8.18. The van der Waals surface area contributed by atoms with Gasteiger partial charge < -0.3 is 18.9 Å². The van der Waals surface area contributed by atoms with Crippen molar-refractivity contribution in [3.8, 4) is 11.5 Å². The van der Waals surface area contributed by atoms with Crippen LogP contribution in [0.5, 0.6) is 11.5 Å². The third-order valence-corrected chi connectivity index (χ3v) is 6.25. The highest BCUT2D eigenvalue weighted by Gasteiger charge is 2.24. The molecule has 0 bridgehead atoms. The zero-order valence-electron chi connectivity index (χ0n) is 20.4. The maximum Gasteiger partial charge on any atom is 0.131 e. The van der Waals surface area contributed by atoms with Crippen molar-refractivity contribution in [1.82, 2.24) is 0 Å². The molecule has 0 atom stereocenters. The molecule has 182 valence electrons. The van der Waals surface area contributed by atoms with Crippen molar-refractivity contribution in [1.29, 1.82) is 0 Å². The van der Waals surface area contributed by atoms with Crippen molar-refractivity contribution in [2.75, 3.05) is 26.4 Å². The van der Waals surface area contributed by atoms with Crippen molar-refractivity contribution in [2.24, 2.45) is 0 Å². The van der Waals surface area contributed by atoms with Crippen LogP contribution in [0.15, 0.2) is 109 Å². The van der Waals surface area contributed by atoms with Crippen LogP contribution in [0.1, 0.15) is 22.3 Å². The molecule has 2 aliphatic rings. The number of rotatable bonds is 10. The van der Waals surface area contributed by atoms with Gasteiger partial charge in [0.15, 0.2) is 0 Å². The van der Waals surface area contributed by atoms with E-state index in [-0.39, 0.29) is 0 Å². The van der Waals surface area contributed by atoms with Crippen molar-refractivity contribution < 1.29 is 18.9 Å². The number of hydrogen-bond acceptors (Lipinski definition) is 4. The van der Waals surface area contributed by atoms with Gasteiger partial charge in [0, 0.05) is 17.2 Å². The van der Waals surface area contributed by atoms with E-state index in [1.807, 2.05) is 42.5 Å². The standard InChI is InChI=1S/C32H30O4/c1-23(19-33-21-25-9-5-3-6-10-25)27-13-15-35-31-18-32-30(17-29(27)31)28(14-16-36-32)24(2)20-34-22-26-11-7-4-8-12-26/h3-14,17-18H,1-2,15-16,19-22H2. The number of benzene rings is 3. The monoisotopic (exact) mass is 478 g/mol. The van der Waals surface area contributed by atoms with E-state index in [0.717, 1.165) is 56.0 Å². The Morgan fingerprint density at radius 3 is 1.53 bits per heavy atom. The molecular weight excluding hydrogens is 448 g/mol. The van der Waals surface area contributed by atoms with Crippen LogP contribution < -0.4 is 9.47 Å². The molecular formula is C32H30O4. The molecule has 0 fully saturated rings. The lowest BCUT2D eigenvalue weighted by atomic mass is 9.90. The predicted octanol–water partition coefficient (Wildman–Crippen LogP) is 6.78. The molecule has 0 amide bonds. The van der Waals surface area contributed by atoms with Gasteiger partial charge in [0.1, 0.15) is 24.7 Å². The van der Waals surface area contributed by atoms with Gasteiger partial charge in [-0.3, -0.25) is 0 Å². The maximum atomic E-state index is 5.95. The van der Waals surface area contributed by atoms with E-state index in [4.69, 9.17) is 18.9 Å². The van der Waals surface area contributed by atoms with Gasteiger partial charge in [-0.15, -0.1) is 0 Å². The van der Waals surface area contributed by atoms with Gasteiger partial charge in [0.25, 0.3) is 0 Å². The maximum absolute atomic E-state index is 5.95. The highest BCUT2D eigenvalue weighted by atomic mass is 16.5. The van der Waals surface area contributed by atoms with Crippen LogP contribution in [0.2, 0.25) is 0 Å². The predicted molar refractivity (Wildman–Crippen MR) is 144 cm³/mol. The fraction of sp³-hybridized carbons (Fsp3) is 0.188. The average molecular weight is 479 g/mol. The third-order valence-electron chi connectivity index (χ3n) is 6.25. The van der Waals surface area contributed by atoms with E-state index in [1.54, 1.807) is 0 Å². The second-order valence-electron chi connectivity index (χ2n) is 8.87. The Hall–Kier alpha value is -3.86. The molecule has 0 radical (unpaired) electrons. The molecule has 5 rings (SSSR count). The van der Waals surface area contributed by atoms with Crippen LogP contribution in [0.4, 0.5) is 0 Å². The van der Waals surface area contributed by atoms with Gasteiger partial charge in [-0.1, -0.05) is 73.8 Å². The molecule has 2 heterocycles. The Bertz CT molecular complexity index is 1200. The van der Waals surface area contributed by atoms with Gasteiger partial charge in [-0.25, -0.2) is 0 Å². The average Bonchev–Trinajstić information content (AvgIpc) is 2.92. The second-order valence-corrected chi connectivity index (χ2v) is 8.87. The lowest BCUT2D eigenvalue weighted by Gasteiger charge is -2.26. The molecule has 36 heavy (non-hydrogen) atoms. The van der Waals surface area contributed by atoms with Crippen LogP contribution in [0, 0.1) is 0 Å². The molecule has 3 aromatic carbocycles. The van der Waals surface area contributed by atoms with Crippen molar-refractivity contribution in [3.63, 3.8) is 0 Å². The largest absolute Gasteiger partial charge is 0.489 e. The Balaban J connectivity index is 1.29. The number of fused-ring (bicyclic) bond motifs is 2. The summed E-state index contributed by atoms with van der Waals surface area (Å²) >= 11 is 0. The highest BCUT2D eigenvalue weighted by Crippen LogP contribution is 2.43. The summed E-state index contributed by atoms with van der Waals surface area (Å²) in [5.74, 6) is 1.59. The second kappa shape index (κ2) is 11.3. The molecule has 0 spiro atoms. The van der Waals surface area contributed by atoms with Gasteiger partial charge in [0.2, 0.25) is 0 Å². The molecule has 3 aromatic rings. The molecule has 4 nitrogen and oxygen atoms in total. The lowest BCUT2D eigenvalue weighted by Crippen LogP contribution is -2.13. The van der Waals surface area contributed by atoms with Gasteiger partial charge in [-0.05, 0) is 51.6 Å². The summed E-state index contributed by atoms with van der Waals surface area (Å²) in [6, 6.07) is 24.4. The minimum Gasteiger partial charge on any atom is -0.489 e. The first kappa shape index (κ1) is 23.9. The van der Waals surface area contributed by atoms with Crippen LogP contribution in [0.3, 0.4) is 0 Å². The highest BCUT2D eigenvalue weighted by molar-refractivity contribution is 5.89. The first-order valence-corrected chi connectivity index (χ1v) is 12.1. The van der Waals surface area contributed by atoms with E-state index in [1.165, 1.54) is 0 Å². The van der Waals surface area contributed by atoms with Crippen LogP contribution in [0.25, 0.3) is 11.1 Å². The smallest absolute Gasteiger partial charge is 0.131 e. The number of ether oxygens (including phenoxy) is 4. The summed E-state index contributed by atoms with van der Waals surface area (Å²) < 4.78 is 23.8. The molecule has 0 aromatic heterocycles. The molecule has 4 heteroatoms. The quantitative estimate of drug-likeness (QED) is 0.322. The van der Waals surface area contributed by atoms with E-state index >= 15 is 0 Å². The Morgan fingerprint density at radius 2 is 1.08 bits per heavy atom. The van der Waals surface area contributed by atoms with Gasteiger partial charge in [0.05, 0.1) is 26.4 Å². The molecule has 0 N–H and O–H groups in total. The fourth-order valence-corrected chi connectivity index (χ4v) is 4.43. The fourth-order valence-electron chi connectivity index (χ4n) is 4.43. The topological polar surface area (TPSA) is 36.9 Å². The van der Waals surface area contributed by atoms with Crippen LogP contribution in [-0.4, -0.2) is 26.4 Å². The summed E-state index contributed by atoms with van der Waals surface area (Å²) in [4.78, 5) is 0. The number of hydrogen-bond donors (Lipinski definition) is 0. The Kier molecular flexibility index (Phi) is 7.46. The van der Waals surface area contributed by atoms with Crippen LogP contribution >= 0.6 is 0 Å². The summed E-state index contributed by atoms with van der Waals surface area (Å²) in [7, 11) is 0. The zero-order valence-corrected chi connectivity index (χ0v) is 20.4. The van der Waals surface area contributed by atoms with E-state index in [0.29, 0.717) is 39.6 Å². The SMILES string of the molecule is C=C(COCc1ccccc1)C1=CCOc2cc3c(cc21)C(C(=C)COCc1ccccc1)=CCO3. The van der Waals surface area contributed by atoms with E-state index in [9.17, 15) is 0 Å². The minimum atomic E-state index is 0.441. The molecule has 0 unspecified atom stereocenters. The first-order valence-electron chi connectivity index (χ1n) is 12.1. The summed E-state index contributed by atoms with van der Waals surface area (Å²) in [5, 5.41) is 0. The summed E-state index contributed by atoms with van der Waals surface area (Å²) in [6.45, 7) is 11.6. The molecule has 0 saturated heterocycles. The Morgan fingerprint density at radius 1 is 0.639 bits per heavy atom. The van der Waals surface area contributed by atoms with Crippen molar-refractivity contribution >= 4 is 11.1 Å². The molecule has 2 aliphatic heterocycles. The molecule has 0 saturated carbocycles. The van der Waals surface area contributed by atoms with Crippen LogP contribution in [-0.2, 0) is 22.7 Å². The van der Waals surface area contributed by atoms with Gasteiger partial charge >= 0.3 is 0 Å². The normalized spacial score (nSPS) is 13.9. The van der Waals surface area contributed by atoms with Crippen molar-refractivity contribution in [3.05, 3.63) is 132 Å². The molecule has 0 aliphatic carbocycles. The van der Waals surface area contributed by atoms with Gasteiger partial charge in [-0.2, -0.15) is 0 Å². The summed E-state index contributed by atoms with van der Waals surface area (Å²) in [6.07, 6.45) is 4.13. The first-order chi connectivity index (χ1) is 17.7.